The topological polar surface area (TPSA) is 42.4 Å². The normalized spacial score (nSPS) is 13.0. The summed E-state index contributed by atoms with van der Waals surface area (Å²) < 4.78 is 5.67. The number of rotatable bonds is 3. The Labute approximate surface area is 183 Å². The van der Waals surface area contributed by atoms with Crippen molar-refractivity contribution in [2.75, 3.05) is 4.90 Å². The van der Waals surface area contributed by atoms with Gasteiger partial charge >= 0.3 is 6.09 Å². The second kappa shape index (κ2) is 9.77. The summed E-state index contributed by atoms with van der Waals surface area (Å²) in [4.78, 5) is 20.2. The van der Waals surface area contributed by atoms with Crippen LogP contribution in [0.15, 0.2) is 29.2 Å². The van der Waals surface area contributed by atoms with Gasteiger partial charge in [0.25, 0.3) is 0 Å². The molecule has 0 N–H and O–H groups in total. The van der Waals surface area contributed by atoms with Crippen LogP contribution in [0.25, 0.3) is 5.57 Å². The Bertz CT molecular complexity index is 883. The molecule has 0 spiro atoms. The van der Waals surface area contributed by atoms with Crippen LogP contribution in [-0.2, 0) is 17.7 Å². The Morgan fingerprint density at radius 1 is 1.31 bits per heavy atom. The molecule has 0 atom stereocenters. The minimum Gasteiger partial charge on any atom is -0.443 e. The van der Waals surface area contributed by atoms with Gasteiger partial charge in [-0.1, -0.05) is 43.5 Å². The van der Waals surface area contributed by atoms with Crippen molar-refractivity contribution in [1.29, 1.82) is 0 Å². The molecule has 158 valence electrons. The molecule has 1 aliphatic rings. The number of fused-ring (bicyclic) bond motifs is 1. The molecule has 3 rings (SSSR count). The highest BCUT2D eigenvalue weighted by molar-refractivity contribution is 7.09. The SMILES string of the molecule is CC1=C(C)c2nc(Cl)cc(N(Cc3cccs3)C(=O)OC(C)(C)C)c2C1.CCC. The lowest BCUT2D eigenvalue weighted by Gasteiger charge is -2.28. The second-order valence-corrected chi connectivity index (χ2v) is 9.65. The van der Waals surface area contributed by atoms with Crippen molar-refractivity contribution >= 4 is 40.3 Å². The number of anilines is 1. The zero-order valence-electron chi connectivity index (χ0n) is 18.4. The van der Waals surface area contributed by atoms with Crippen LogP contribution in [0, 0.1) is 0 Å². The van der Waals surface area contributed by atoms with Gasteiger partial charge in [0.1, 0.15) is 10.8 Å². The molecule has 0 unspecified atom stereocenters. The van der Waals surface area contributed by atoms with Gasteiger partial charge in [-0.25, -0.2) is 9.78 Å². The summed E-state index contributed by atoms with van der Waals surface area (Å²) in [7, 11) is 0. The predicted octanol–water partition coefficient (Wildman–Crippen LogP) is 7.50. The highest BCUT2D eigenvalue weighted by atomic mass is 35.5. The van der Waals surface area contributed by atoms with Gasteiger partial charge in [0.2, 0.25) is 0 Å². The molecule has 0 saturated heterocycles. The maximum absolute atomic E-state index is 13.0. The van der Waals surface area contributed by atoms with E-state index >= 15 is 0 Å². The van der Waals surface area contributed by atoms with Gasteiger partial charge in [-0.2, -0.15) is 0 Å². The molecular formula is C23H31ClN2O2S. The van der Waals surface area contributed by atoms with E-state index in [9.17, 15) is 4.79 Å². The third kappa shape index (κ3) is 6.06. The molecule has 0 fully saturated rings. The van der Waals surface area contributed by atoms with E-state index in [1.165, 1.54) is 12.0 Å². The van der Waals surface area contributed by atoms with Crippen LogP contribution in [0.2, 0.25) is 5.15 Å². The van der Waals surface area contributed by atoms with Crippen LogP contribution in [0.4, 0.5) is 10.5 Å². The van der Waals surface area contributed by atoms with Gasteiger partial charge in [-0.05, 0) is 64.1 Å². The lowest BCUT2D eigenvalue weighted by atomic mass is 10.1. The number of pyridine rings is 1. The number of carbonyl (C=O) groups excluding carboxylic acids is 1. The Morgan fingerprint density at radius 3 is 2.52 bits per heavy atom. The Balaban J connectivity index is 0.000000941. The summed E-state index contributed by atoms with van der Waals surface area (Å²) in [5.74, 6) is 0. The van der Waals surface area contributed by atoms with Crippen LogP contribution in [-0.4, -0.2) is 16.7 Å². The van der Waals surface area contributed by atoms with E-state index in [4.69, 9.17) is 16.3 Å². The summed E-state index contributed by atoms with van der Waals surface area (Å²) in [6.07, 6.45) is 1.64. The number of carbonyl (C=O) groups is 1. The number of amides is 1. The molecule has 6 heteroatoms. The highest BCUT2D eigenvalue weighted by Crippen LogP contribution is 2.39. The number of hydrogen-bond acceptors (Lipinski definition) is 4. The molecule has 0 aliphatic heterocycles. The summed E-state index contributed by atoms with van der Waals surface area (Å²) >= 11 is 7.91. The van der Waals surface area contributed by atoms with Crippen LogP contribution >= 0.6 is 22.9 Å². The fraction of sp³-hybridized carbons (Fsp3) is 0.478. The quantitative estimate of drug-likeness (QED) is 0.469. The zero-order valence-corrected chi connectivity index (χ0v) is 20.0. The molecule has 0 radical (unpaired) electrons. The van der Waals surface area contributed by atoms with Gasteiger partial charge < -0.3 is 4.74 Å². The van der Waals surface area contributed by atoms with Crippen LogP contribution in [0.5, 0.6) is 0 Å². The number of nitrogens with zero attached hydrogens (tertiary/aromatic N) is 2. The Hall–Kier alpha value is -1.85. The number of allylic oxidation sites excluding steroid dienone is 2. The fourth-order valence-corrected chi connectivity index (χ4v) is 3.86. The Morgan fingerprint density at radius 2 is 1.97 bits per heavy atom. The Kier molecular flexibility index (Phi) is 7.89. The molecule has 0 bridgehead atoms. The van der Waals surface area contributed by atoms with E-state index in [2.05, 4.69) is 25.8 Å². The van der Waals surface area contributed by atoms with Gasteiger partial charge in [-0.3, -0.25) is 4.90 Å². The zero-order chi connectivity index (χ0) is 21.8. The van der Waals surface area contributed by atoms with Crippen molar-refractivity contribution in [2.45, 2.75) is 73.5 Å². The third-order valence-corrected chi connectivity index (χ3v) is 5.36. The van der Waals surface area contributed by atoms with E-state index in [-0.39, 0.29) is 6.09 Å². The predicted molar refractivity (Wildman–Crippen MR) is 124 cm³/mol. The maximum Gasteiger partial charge on any atom is 0.415 e. The standard InChI is InChI=1S/C20H23ClN2O2S.C3H8/c1-12-9-15-16(10-17(21)22-18(15)13(12)2)23(11-14-7-6-8-26-14)19(24)25-20(3,4)5;1-3-2/h6-8,10H,9,11H2,1-5H3;3H2,1-2H3. The summed E-state index contributed by atoms with van der Waals surface area (Å²) in [5, 5.41) is 2.38. The average Bonchev–Trinajstić information content (AvgIpc) is 3.21. The first-order valence-electron chi connectivity index (χ1n) is 9.96. The molecule has 1 amide bonds. The molecule has 4 nitrogen and oxygen atoms in total. The van der Waals surface area contributed by atoms with E-state index in [1.54, 1.807) is 22.3 Å². The smallest absolute Gasteiger partial charge is 0.415 e. The maximum atomic E-state index is 13.0. The van der Waals surface area contributed by atoms with Crippen molar-refractivity contribution < 1.29 is 9.53 Å². The molecule has 2 heterocycles. The number of thiophene rings is 1. The molecular weight excluding hydrogens is 404 g/mol. The minimum atomic E-state index is -0.575. The van der Waals surface area contributed by atoms with Gasteiger partial charge in [-0.15, -0.1) is 11.3 Å². The number of hydrogen-bond donors (Lipinski definition) is 0. The van der Waals surface area contributed by atoms with E-state index in [1.807, 2.05) is 45.2 Å². The molecule has 2 aromatic heterocycles. The summed E-state index contributed by atoms with van der Waals surface area (Å²) in [6, 6.07) is 5.76. The minimum absolute atomic E-state index is 0.377. The molecule has 1 aliphatic carbocycles. The van der Waals surface area contributed by atoms with Crippen molar-refractivity contribution in [3.05, 3.63) is 50.4 Å². The van der Waals surface area contributed by atoms with Gasteiger partial charge in [0.05, 0.1) is 17.9 Å². The molecule has 0 saturated carbocycles. The number of aromatic nitrogens is 1. The highest BCUT2D eigenvalue weighted by Gasteiger charge is 2.30. The monoisotopic (exact) mass is 434 g/mol. The first-order chi connectivity index (χ1) is 13.6. The molecule has 2 aromatic rings. The van der Waals surface area contributed by atoms with E-state index in [0.29, 0.717) is 11.7 Å². The number of halogens is 1. The first kappa shape index (κ1) is 23.4. The number of ether oxygens (including phenoxy) is 1. The van der Waals surface area contributed by atoms with Gasteiger partial charge in [0, 0.05) is 10.4 Å². The molecule has 29 heavy (non-hydrogen) atoms. The van der Waals surface area contributed by atoms with Crippen molar-refractivity contribution in [3.63, 3.8) is 0 Å². The van der Waals surface area contributed by atoms with Crippen LogP contribution in [0.3, 0.4) is 0 Å². The molecule has 0 aromatic carbocycles. The third-order valence-electron chi connectivity index (χ3n) is 4.31. The van der Waals surface area contributed by atoms with Crippen molar-refractivity contribution in [1.82, 2.24) is 4.98 Å². The van der Waals surface area contributed by atoms with Gasteiger partial charge in [0.15, 0.2) is 0 Å². The lowest BCUT2D eigenvalue weighted by Crippen LogP contribution is -2.37. The van der Waals surface area contributed by atoms with Crippen LogP contribution < -0.4 is 4.90 Å². The first-order valence-corrected chi connectivity index (χ1v) is 11.2. The second-order valence-electron chi connectivity index (χ2n) is 8.23. The average molecular weight is 435 g/mol. The fourth-order valence-electron chi connectivity index (χ4n) is 2.98. The summed E-state index contributed by atoms with van der Waals surface area (Å²) in [6.45, 7) is 14.4. The summed E-state index contributed by atoms with van der Waals surface area (Å²) in [5.41, 5.74) is 4.49. The van der Waals surface area contributed by atoms with Crippen molar-refractivity contribution in [2.24, 2.45) is 0 Å². The largest absolute Gasteiger partial charge is 0.443 e. The lowest BCUT2D eigenvalue weighted by molar-refractivity contribution is 0.0577. The van der Waals surface area contributed by atoms with E-state index in [0.717, 1.165) is 33.8 Å². The van der Waals surface area contributed by atoms with Crippen LogP contribution in [0.1, 0.15) is 71.0 Å². The van der Waals surface area contributed by atoms with E-state index < -0.39 is 5.60 Å². The van der Waals surface area contributed by atoms with Crippen molar-refractivity contribution in [3.8, 4) is 0 Å².